The van der Waals surface area contributed by atoms with Crippen LogP contribution in [-0.2, 0) is 11.3 Å². The Labute approximate surface area is 198 Å². The van der Waals surface area contributed by atoms with Crippen molar-refractivity contribution in [2.24, 2.45) is 0 Å². The van der Waals surface area contributed by atoms with Gasteiger partial charge < -0.3 is 9.30 Å². The third kappa shape index (κ3) is 4.37. The van der Waals surface area contributed by atoms with Gasteiger partial charge in [0, 0.05) is 35.8 Å². The van der Waals surface area contributed by atoms with Crippen LogP contribution < -0.4 is 0 Å². The molecule has 1 atom stereocenters. The van der Waals surface area contributed by atoms with Crippen molar-refractivity contribution >= 4 is 28.6 Å². The van der Waals surface area contributed by atoms with E-state index < -0.39 is 0 Å². The highest BCUT2D eigenvalue weighted by Crippen LogP contribution is 2.29. The van der Waals surface area contributed by atoms with Gasteiger partial charge in [-0.05, 0) is 63.9 Å². The number of carbonyl (C=O) groups excluding carboxylic acids is 1. The summed E-state index contributed by atoms with van der Waals surface area (Å²) in [6.45, 7) is 7.86. The summed E-state index contributed by atoms with van der Waals surface area (Å²) >= 11 is 1.50. The quantitative estimate of drug-likeness (QED) is 0.255. The van der Waals surface area contributed by atoms with E-state index in [0.29, 0.717) is 5.75 Å². The molecule has 1 aliphatic heterocycles. The molecule has 5 rings (SSSR count). The van der Waals surface area contributed by atoms with Gasteiger partial charge in [-0.2, -0.15) is 0 Å². The number of hydrogen-bond acceptors (Lipinski definition) is 4. The van der Waals surface area contributed by atoms with Crippen LogP contribution in [0, 0.1) is 20.8 Å². The Bertz CT molecular complexity index is 1300. The maximum absolute atomic E-state index is 13.2. The van der Waals surface area contributed by atoms with Crippen molar-refractivity contribution in [3.8, 4) is 5.69 Å². The number of nitrogens with zero attached hydrogens (tertiary/aromatic N) is 3. The molecular weight excluding hydrogens is 430 g/mol. The number of ether oxygens (including phenoxy) is 1. The molecule has 1 aliphatic rings. The fraction of sp³-hybridized carbons (Fsp3) is 0.333. The Balaban J connectivity index is 1.40. The average Bonchev–Trinajstić information content (AvgIpc) is 3.53. The molecule has 5 nitrogen and oxygen atoms in total. The van der Waals surface area contributed by atoms with Gasteiger partial charge in [-0.15, -0.1) is 0 Å². The number of para-hydroxylation sites is 2. The summed E-state index contributed by atoms with van der Waals surface area (Å²) in [4.78, 5) is 18.1. The third-order valence-electron chi connectivity index (χ3n) is 6.44. The Morgan fingerprint density at radius 3 is 2.67 bits per heavy atom. The van der Waals surface area contributed by atoms with Gasteiger partial charge in [0.15, 0.2) is 10.9 Å². The van der Waals surface area contributed by atoms with Gasteiger partial charge in [-0.3, -0.25) is 9.36 Å². The summed E-state index contributed by atoms with van der Waals surface area (Å²) in [6, 6.07) is 18.6. The minimum absolute atomic E-state index is 0.134. The Kier molecular flexibility index (Phi) is 6.13. The molecule has 0 N–H and O–H groups in total. The standard InChI is InChI=1S/C27H29N3O2S/c1-18-10-12-21(13-11-18)30-25-9-5-4-8-24(25)28-27(30)33-17-26(31)23-15-19(2)29(20(23)3)16-22-7-6-14-32-22/h4-5,8-13,15,22H,6-7,14,16-17H2,1-3H3/t22-/m1/s1. The van der Waals surface area contributed by atoms with E-state index in [-0.39, 0.29) is 11.9 Å². The van der Waals surface area contributed by atoms with Crippen LogP contribution in [0.4, 0.5) is 0 Å². The number of ketones is 1. The Morgan fingerprint density at radius 1 is 1.12 bits per heavy atom. The molecule has 0 radical (unpaired) electrons. The second kappa shape index (κ2) is 9.20. The number of benzene rings is 2. The van der Waals surface area contributed by atoms with Gasteiger partial charge in [0.1, 0.15) is 0 Å². The normalized spacial score (nSPS) is 16.0. The number of aromatic nitrogens is 3. The first kappa shape index (κ1) is 22.0. The third-order valence-corrected chi connectivity index (χ3v) is 7.38. The van der Waals surface area contributed by atoms with E-state index in [1.165, 1.54) is 17.3 Å². The molecule has 1 fully saturated rings. The second-order valence-corrected chi connectivity index (χ2v) is 9.74. The minimum Gasteiger partial charge on any atom is -0.376 e. The first-order valence-electron chi connectivity index (χ1n) is 11.5. The zero-order chi connectivity index (χ0) is 22.9. The predicted octanol–water partition coefficient (Wildman–Crippen LogP) is 5.91. The molecule has 33 heavy (non-hydrogen) atoms. The molecule has 2 aromatic carbocycles. The van der Waals surface area contributed by atoms with Gasteiger partial charge >= 0.3 is 0 Å². The van der Waals surface area contributed by atoms with E-state index >= 15 is 0 Å². The molecule has 0 saturated carbocycles. The van der Waals surface area contributed by atoms with Crippen molar-refractivity contribution in [2.45, 2.75) is 51.4 Å². The van der Waals surface area contributed by atoms with Crippen molar-refractivity contribution in [1.29, 1.82) is 0 Å². The van der Waals surface area contributed by atoms with Crippen LogP contribution in [0.25, 0.3) is 16.7 Å². The maximum atomic E-state index is 13.2. The lowest BCUT2D eigenvalue weighted by Gasteiger charge is -2.14. The van der Waals surface area contributed by atoms with E-state index in [0.717, 1.165) is 64.8 Å². The first-order valence-corrected chi connectivity index (χ1v) is 12.5. The van der Waals surface area contributed by atoms with Gasteiger partial charge in [-0.1, -0.05) is 41.6 Å². The number of rotatable bonds is 7. The fourth-order valence-corrected chi connectivity index (χ4v) is 5.52. The Morgan fingerprint density at radius 2 is 1.91 bits per heavy atom. The molecule has 6 heteroatoms. The van der Waals surface area contributed by atoms with E-state index in [1.54, 1.807) is 0 Å². The first-order chi connectivity index (χ1) is 16.0. The largest absolute Gasteiger partial charge is 0.376 e. The van der Waals surface area contributed by atoms with Crippen LogP contribution in [0.5, 0.6) is 0 Å². The summed E-state index contributed by atoms with van der Waals surface area (Å²) in [7, 11) is 0. The molecule has 0 aliphatic carbocycles. The summed E-state index contributed by atoms with van der Waals surface area (Å²) in [6.07, 6.45) is 2.46. The zero-order valence-electron chi connectivity index (χ0n) is 19.4. The van der Waals surface area contributed by atoms with E-state index in [1.807, 2.05) is 31.2 Å². The molecule has 0 unspecified atom stereocenters. The van der Waals surface area contributed by atoms with Crippen LogP contribution in [0.2, 0.25) is 0 Å². The van der Waals surface area contributed by atoms with Crippen LogP contribution in [-0.4, -0.2) is 38.4 Å². The molecule has 4 aromatic rings. The van der Waals surface area contributed by atoms with Crippen LogP contribution >= 0.6 is 11.8 Å². The summed E-state index contributed by atoms with van der Waals surface area (Å²) in [5, 5.41) is 0.835. The highest BCUT2D eigenvalue weighted by molar-refractivity contribution is 7.99. The molecule has 0 spiro atoms. The smallest absolute Gasteiger partial charge is 0.175 e. The number of aryl methyl sites for hydroxylation is 2. The summed E-state index contributed by atoms with van der Waals surface area (Å²) < 4.78 is 10.2. The second-order valence-electron chi connectivity index (χ2n) is 8.80. The van der Waals surface area contributed by atoms with Gasteiger partial charge in [0.25, 0.3) is 0 Å². The van der Waals surface area contributed by atoms with Crippen molar-refractivity contribution in [2.75, 3.05) is 12.4 Å². The number of Topliss-reactive ketones (excluding diaryl/α,β-unsaturated/α-hetero) is 1. The van der Waals surface area contributed by atoms with Crippen molar-refractivity contribution in [1.82, 2.24) is 14.1 Å². The molecule has 0 bridgehead atoms. The number of imidazole rings is 1. The monoisotopic (exact) mass is 459 g/mol. The predicted molar refractivity (Wildman–Crippen MR) is 134 cm³/mol. The highest BCUT2D eigenvalue weighted by Gasteiger charge is 2.22. The molecule has 0 amide bonds. The van der Waals surface area contributed by atoms with E-state index in [9.17, 15) is 4.79 Å². The fourth-order valence-electron chi connectivity index (χ4n) is 4.61. The number of thioether (sulfide) groups is 1. The lowest BCUT2D eigenvalue weighted by molar-refractivity contribution is 0.0957. The van der Waals surface area contributed by atoms with Crippen LogP contribution in [0.15, 0.2) is 59.8 Å². The lowest BCUT2D eigenvalue weighted by atomic mass is 10.2. The van der Waals surface area contributed by atoms with E-state index in [2.05, 4.69) is 53.3 Å². The van der Waals surface area contributed by atoms with Crippen LogP contribution in [0.1, 0.15) is 40.2 Å². The molecule has 170 valence electrons. The maximum Gasteiger partial charge on any atom is 0.175 e. The van der Waals surface area contributed by atoms with Gasteiger partial charge in [0.2, 0.25) is 0 Å². The molecule has 2 aromatic heterocycles. The van der Waals surface area contributed by atoms with Crippen molar-refractivity contribution in [3.05, 3.63) is 77.1 Å². The Hall–Kier alpha value is -2.83. The molecular formula is C27H29N3O2S. The number of hydrogen-bond donors (Lipinski definition) is 0. The zero-order valence-corrected chi connectivity index (χ0v) is 20.2. The topological polar surface area (TPSA) is 49.0 Å². The molecule has 3 heterocycles. The van der Waals surface area contributed by atoms with Crippen molar-refractivity contribution < 1.29 is 9.53 Å². The average molecular weight is 460 g/mol. The number of fused-ring (bicyclic) bond motifs is 1. The highest BCUT2D eigenvalue weighted by atomic mass is 32.2. The lowest BCUT2D eigenvalue weighted by Crippen LogP contribution is -2.17. The molecule has 1 saturated heterocycles. The minimum atomic E-state index is 0.134. The SMILES string of the molecule is Cc1ccc(-n2c(SCC(=O)c3cc(C)n(C[C@H]4CCCO4)c3C)nc3ccccc32)cc1. The van der Waals surface area contributed by atoms with Gasteiger partial charge in [0.05, 0.1) is 22.9 Å². The van der Waals surface area contributed by atoms with E-state index in [4.69, 9.17) is 9.72 Å². The summed E-state index contributed by atoms with van der Waals surface area (Å²) in [5.41, 5.74) is 7.19. The van der Waals surface area contributed by atoms with Gasteiger partial charge in [-0.25, -0.2) is 4.98 Å². The van der Waals surface area contributed by atoms with Crippen LogP contribution in [0.3, 0.4) is 0 Å². The number of carbonyl (C=O) groups is 1. The summed E-state index contributed by atoms with van der Waals surface area (Å²) in [5.74, 6) is 0.480. The van der Waals surface area contributed by atoms with Crippen molar-refractivity contribution in [3.63, 3.8) is 0 Å².